The van der Waals surface area contributed by atoms with E-state index in [1.807, 2.05) is 6.92 Å². The van der Waals surface area contributed by atoms with Gasteiger partial charge in [0.1, 0.15) is 17.8 Å². The summed E-state index contributed by atoms with van der Waals surface area (Å²) in [7, 11) is 0. The summed E-state index contributed by atoms with van der Waals surface area (Å²) in [5, 5.41) is 13.9. The van der Waals surface area contributed by atoms with Gasteiger partial charge in [0.25, 0.3) is 0 Å². The summed E-state index contributed by atoms with van der Waals surface area (Å²) in [6, 6.07) is 8.54. The van der Waals surface area contributed by atoms with E-state index in [2.05, 4.69) is 26.6 Å². The summed E-state index contributed by atoms with van der Waals surface area (Å²) in [4.78, 5) is 80.7. The maximum atomic E-state index is 13.6. The highest BCUT2D eigenvalue weighted by molar-refractivity contribution is 5.97. The van der Waals surface area contributed by atoms with Gasteiger partial charge in [0, 0.05) is 57.8 Å². The molecule has 6 amide bonds. The van der Waals surface area contributed by atoms with E-state index in [-0.39, 0.29) is 63.9 Å². The molecule has 50 heavy (non-hydrogen) atoms. The number of carbonyl (C=O) groups is 6. The second-order valence-corrected chi connectivity index (χ2v) is 12.5. The van der Waals surface area contributed by atoms with Gasteiger partial charge >= 0.3 is 0 Å². The van der Waals surface area contributed by atoms with E-state index in [0.717, 1.165) is 12.2 Å². The predicted octanol–water partition coefficient (Wildman–Crippen LogP) is -0.697. The monoisotopic (exact) mass is 693 g/mol. The number of carbonyl (C=O) groups excluding carboxylic acids is 6. The van der Waals surface area contributed by atoms with Gasteiger partial charge in [-0.15, -0.1) is 0 Å². The molecule has 0 saturated carbocycles. The second-order valence-electron chi connectivity index (χ2n) is 12.5. The molecule has 1 aromatic heterocycles. The SMILES string of the molecule is C[C@H]1C[C@@H]2CN(C1)C(=O)/C=C/C(=O)NCC[C@@H](C(=O)NCCOCCN)NC(=O)Cc1ccccc1CNC(=O)[C@H](Cc1ccco1)NC2=O. The Hall–Kier alpha value is -5.02. The zero-order valence-electron chi connectivity index (χ0n) is 28.3. The van der Waals surface area contributed by atoms with Gasteiger partial charge in [-0.3, -0.25) is 28.8 Å². The molecule has 15 heteroatoms. The first-order valence-corrected chi connectivity index (χ1v) is 16.9. The van der Waals surface area contributed by atoms with Crippen LogP contribution in [0.1, 0.15) is 36.7 Å². The van der Waals surface area contributed by atoms with E-state index in [0.29, 0.717) is 43.0 Å². The highest BCUT2D eigenvalue weighted by atomic mass is 16.5. The normalized spacial score (nSPS) is 23.6. The lowest BCUT2D eigenvalue weighted by Crippen LogP contribution is -2.53. The number of furan rings is 1. The number of fused-ring (bicyclic) bond motifs is 3. The van der Waals surface area contributed by atoms with Crippen LogP contribution in [0, 0.1) is 11.8 Å². The summed E-state index contributed by atoms with van der Waals surface area (Å²) < 4.78 is 10.8. The number of nitrogens with one attached hydrogen (secondary N) is 5. The van der Waals surface area contributed by atoms with Gasteiger partial charge in [0.15, 0.2) is 0 Å². The first-order valence-electron chi connectivity index (χ1n) is 16.9. The quantitative estimate of drug-likeness (QED) is 0.193. The van der Waals surface area contributed by atoms with Gasteiger partial charge in [0.2, 0.25) is 35.4 Å². The van der Waals surface area contributed by atoms with Crippen molar-refractivity contribution in [2.45, 2.75) is 51.2 Å². The average molecular weight is 694 g/mol. The van der Waals surface area contributed by atoms with Crippen molar-refractivity contribution in [2.75, 3.05) is 45.9 Å². The lowest BCUT2D eigenvalue weighted by molar-refractivity contribution is -0.136. The molecule has 3 heterocycles. The average Bonchev–Trinajstić information content (AvgIpc) is 3.61. The molecule has 15 nitrogen and oxygen atoms in total. The lowest BCUT2D eigenvalue weighted by Gasteiger charge is -2.35. The van der Waals surface area contributed by atoms with Crippen LogP contribution in [-0.2, 0) is 52.9 Å². The van der Waals surface area contributed by atoms with E-state index in [9.17, 15) is 28.8 Å². The molecule has 2 bridgehead atoms. The minimum absolute atomic E-state index is 0.00409. The lowest BCUT2D eigenvalue weighted by atomic mass is 9.89. The van der Waals surface area contributed by atoms with Crippen molar-refractivity contribution in [3.63, 3.8) is 0 Å². The number of ether oxygens (including phenoxy) is 1. The third kappa shape index (κ3) is 11.8. The van der Waals surface area contributed by atoms with Crippen LogP contribution in [0.2, 0.25) is 0 Å². The van der Waals surface area contributed by atoms with Crippen molar-refractivity contribution in [1.29, 1.82) is 0 Å². The van der Waals surface area contributed by atoms with Crippen LogP contribution in [0.5, 0.6) is 0 Å². The Bertz CT molecular complexity index is 1510. The van der Waals surface area contributed by atoms with E-state index < -0.39 is 47.5 Å². The van der Waals surface area contributed by atoms with Gasteiger partial charge in [-0.1, -0.05) is 31.2 Å². The zero-order valence-corrected chi connectivity index (χ0v) is 28.3. The number of rotatable bonds is 8. The van der Waals surface area contributed by atoms with Crippen molar-refractivity contribution in [1.82, 2.24) is 31.5 Å². The predicted molar refractivity (Wildman–Crippen MR) is 182 cm³/mol. The standard InChI is InChI=1S/C35H47N7O8/c1-23-17-26-22-42(21-23)32(45)9-8-30(43)37-12-10-28(34(47)38-13-16-49-15-11-36)40-31(44)18-24-5-2-3-6-25(24)20-39-35(48)29(41-33(26)46)19-27-7-4-14-50-27/h2-9,14,23,26,28-29H,10-13,15-22,36H2,1H3,(H,37,43)(H,38,47)(H,39,48)(H,40,44)(H,41,46)/b9-8+/t23-,26+,28-,29-/m0/s1. The Morgan fingerprint density at radius 3 is 2.54 bits per heavy atom. The molecule has 7 N–H and O–H groups in total. The molecule has 4 rings (SSSR count). The number of amides is 6. The molecule has 1 saturated heterocycles. The van der Waals surface area contributed by atoms with Gasteiger partial charge in [0.05, 0.1) is 31.8 Å². The van der Waals surface area contributed by atoms with Gasteiger partial charge in [-0.05, 0) is 42.0 Å². The van der Waals surface area contributed by atoms with Crippen molar-refractivity contribution in [2.24, 2.45) is 17.6 Å². The van der Waals surface area contributed by atoms with E-state index >= 15 is 0 Å². The Balaban J connectivity index is 1.56. The molecular weight excluding hydrogens is 646 g/mol. The Morgan fingerprint density at radius 1 is 0.980 bits per heavy atom. The molecule has 0 aliphatic carbocycles. The second kappa shape index (κ2) is 19.2. The number of nitrogens with two attached hydrogens (primary N) is 1. The fourth-order valence-electron chi connectivity index (χ4n) is 5.95. The summed E-state index contributed by atoms with van der Waals surface area (Å²) in [5.41, 5.74) is 6.74. The van der Waals surface area contributed by atoms with Crippen LogP contribution in [0.25, 0.3) is 0 Å². The molecule has 0 radical (unpaired) electrons. The van der Waals surface area contributed by atoms with Crippen LogP contribution in [0.4, 0.5) is 0 Å². The molecule has 2 aliphatic rings. The maximum Gasteiger partial charge on any atom is 0.246 e. The number of benzene rings is 1. The van der Waals surface area contributed by atoms with E-state index in [1.54, 1.807) is 36.4 Å². The minimum Gasteiger partial charge on any atom is -0.469 e. The van der Waals surface area contributed by atoms with Crippen molar-refractivity contribution in [3.8, 4) is 0 Å². The fraction of sp³-hybridized carbons (Fsp3) is 0.486. The highest BCUT2D eigenvalue weighted by Gasteiger charge is 2.34. The topological polar surface area (TPSA) is 214 Å². The van der Waals surface area contributed by atoms with Gasteiger partial charge in [-0.25, -0.2) is 0 Å². The third-order valence-electron chi connectivity index (χ3n) is 8.45. The molecule has 1 fully saturated rings. The number of hydrogen-bond donors (Lipinski definition) is 6. The largest absolute Gasteiger partial charge is 0.469 e. The van der Waals surface area contributed by atoms with E-state index in [4.69, 9.17) is 14.9 Å². The fourth-order valence-corrected chi connectivity index (χ4v) is 5.95. The van der Waals surface area contributed by atoms with Crippen LogP contribution < -0.4 is 32.3 Å². The number of piperidine rings is 1. The number of hydrogen-bond acceptors (Lipinski definition) is 9. The van der Waals surface area contributed by atoms with Crippen LogP contribution in [0.3, 0.4) is 0 Å². The zero-order chi connectivity index (χ0) is 35.9. The van der Waals surface area contributed by atoms with Crippen molar-refractivity contribution in [3.05, 3.63) is 71.7 Å². The maximum absolute atomic E-state index is 13.6. The van der Waals surface area contributed by atoms with Gasteiger partial charge in [-0.2, -0.15) is 0 Å². The molecule has 270 valence electrons. The van der Waals surface area contributed by atoms with Gasteiger partial charge < -0.3 is 46.4 Å². The van der Waals surface area contributed by atoms with Crippen molar-refractivity contribution >= 4 is 35.4 Å². The Morgan fingerprint density at radius 2 is 1.78 bits per heavy atom. The molecular formula is C35H47N7O8. The van der Waals surface area contributed by atoms with Crippen LogP contribution in [0.15, 0.2) is 59.2 Å². The molecule has 0 unspecified atom stereocenters. The number of nitrogens with zero attached hydrogens (tertiary/aromatic N) is 1. The van der Waals surface area contributed by atoms with Crippen LogP contribution in [-0.4, -0.2) is 98.4 Å². The summed E-state index contributed by atoms with van der Waals surface area (Å²) in [6.07, 6.45) is 4.33. The van der Waals surface area contributed by atoms with Crippen LogP contribution >= 0.6 is 0 Å². The molecule has 2 aromatic rings. The summed E-state index contributed by atoms with van der Waals surface area (Å²) in [5.74, 6) is -2.79. The first-order chi connectivity index (χ1) is 24.1. The summed E-state index contributed by atoms with van der Waals surface area (Å²) in [6.45, 7) is 3.68. The smallest absolute Gasteiger partial charge is 0.246 e. The molecule has 1 aromatic carbocycles. The van der Waals surface area contributed by atoms with E-state index in [1.165, 1.54) is 11.2 Å². The Kier molecular flexibility index (Phi) is 14.5. The molecule has 4 atom stereocenters. The minimum atomic E-state index is -0.981. The molecule has 2 aliphatic heterocycles. The summed E-state index contributed by atoms with van der Waals surface area (Å²) >= 11 is 0. The van der Waals surface area contributed by atoms with Crippen molar-refractivity contribution < 1.29 is 37.9 Å². The highest BCUT2D eigenvalue weighted by Crippen LogP contribution is 2.23. The third-order valence-corrected chi connectivity index (χ3v) is 8.45. The Labute approximate surface area is 291 Å². The molecule has 0 spiro atoms. The first kappa shape index (κ1) is 37.8.